The van der Waals surface area contributed by atoms with Gasteiger partial charge in [0.2, 0.25) is 11.6 Å². The van der Waals surface area contributed by atoms with Gasteiger partial charge < -0.3 is 0 Å². The second-order valence-corrected chi connectivity index (χ2v) is 3.06. The first-order chi connectivity index (χ1) is 7.43. The van der Waals surface area contributed by atoms with E-state index < -0.39 is 0 Å². The van der Waals surface area contributed by atoms with Crippen LogP contribution in [0.1, 0.15) is 11.1 Å². The van der Waals surface area contributed by atoms with Crippen LogP contribution in [0.25, 0.3) is 0 Å². The van der Waals surface area contributed by atoms with E-state index in [-0.39, 0.29) is 0 Å². The van der Waals surface area contributed by atoms with Crippen molar-refractivity contribution >= 4 is 24.1 Å². The lowest BCUT2D eigenvalue weighted by atomic mass is 10.1. The van der Waals surface area contributed by atoms with Crippen molar-refractivity contribution in [2.75, 3.05) is 0 Å². The van der Waals surface area contributed by atoms with Crippen molar-refractivity contribution in [3.05, 3.63) is 35.4 Å². The van der Waals surface area contributed by atoms with Gasteiger partial charge >= 0.3 is 0 Å². The summed E-state index contributed by atoms with van der Waals surface area (Å²) in [6.07, 6.45) is 3.45. The fourth-order valence-corrected chi connectivity index (χ4v) is 1.35. The Morgan fingerprint density at radius 2 is 1.33 bits per heavy atom. The van der Waals surface area contributed by atoms with Gasteiger partial charge in [-0.1, -0.05) is 24.3 Å². The summed E-state index contributed by atoms with van der Waals surface area (Å²) >= 11 is 0. The largest absolute Gasteiger partial charge is 0.243 e. The molecule has 72 valence electrons. The smallest absolute Gasteiger partial charge is 0.240 e. The molecule has 0 spiro atoms. The lowest BCUT2D eigenvalue weighted by molar-refractivity contribution is 0.309. The minimum atomic E-state index is 0.403. The molecule has 0 bridgehead atoms. The van der Waals surface area contributed by atoms with Crippen molar-refractivity contribution in [1.82, 2.24) is 10.3 Å². The number of aromatic nitrogens is 2. The fourth-order valence-electron chi connectivity index (χ4n) is 1.35. The van der Waals surface area contributed by atoms with Crippen LogP contribution in [-0.2, 0) is 0 Å². The molecule has 5 nitrogen and oxygen atoms in total. The Bertz CT molecular complexity index is 509. The van der Waals surface area contributed by atoms with Crippen molar-refractivity contribution in [1.29, 1.82) is 0 Å². The van der Waals surface area contributed by atoms with E-state index in [2.05, 4.69) is 24.9 Å². The zero-order valence-electron chi connectivity index (χ0n) is 7.66. The Kier molecular flexibility index (Phi) is 1.68. The molecule has 5 heteroatoms. The predicted octanol–water partition coefficient (Wildman–Crippen LogP) is 1.88. The van der Waals surface area contributed by atoms with Gasteiger partial charge in [0.1, 0.15) is 0 Å². The standard InChI is InChI=1S/C10H6N4O/c1-2-4-8-6-12-10-9(13-15-14-10)11-5-7(8)3-1/h1-6H. The molecular weight excluding hydrogens is 192 g/mol. The van der Waals surface area contributed by atoms with Crippen LogP contribution in [0.3, 0.4) is 0 Å². The Morgan fingerprint density at radius 3 is 1.87 bits per heavy atom. The maximum absolute atomic E-state index is 4.55. The van der Waals surface area contributed by atoms with Crippen LogP contribution in [0, 0.1) is 0 Å². The van der Waals surface area contributed by atoms with Gasteiger partial charge in [0.25, 0.3) is 0 Å². The molecule has 0 saturated heterocycles. The van der Waals surface area contributed by atoms with E-state index in [0.717, 1.165) is 11.1 Å². The minimum Gasteiger partial charge on any atom is -0.240 e. The molecule has 2 heterocycles. The van der Waals surface area contributed by atoms with Gasteiger partial charge in [-0.05, 0) is 10.3 Å². The summed E-state index contributed by atoms with van der Waals surface area (Å²) in [6, 6.07) is 7.82. The zero-order valence-corrected chi connectivity index (χ0v) is 7.66. The molecule has 3 rings (SSSR count). The molecule has 15 heavy (non-hydrogen) atoms. The monoisotopic (exact) mass is 198 g/mol. The molecule has 1 aromatic carbocycles. The second kappa shape index (κ2) is 3.13. The third-order valence-corrected chi connectivity index (χ3v) is 2.10. The first-order valence-electron chi connectivity index (χ1n) is 4.43. The van der Waals surface area contributed by atoms with Gasteiger partial charge in [-0.3, -0.25) is 0 Å². The van der Waals surface area contributed by atoms with Crippen LogP contribution >= 0.6 is 0 Å². The predicted molar refractivity (Wildman–Crippen MR) is 55.2 cm³/mol. The molecule has 0 saturated carbocycles. The molecule has 1 aromatic heterocycles. The number of hydrogen-bond acceptors (Lipinski definition) is 5. The van der Waals surface area contributed by atoms with E-state index in [0.29, 0.717) is 11.6 Å². The third kappa shape index (κ3) is 1.34. The molecule has 0 amide bonds. The van der Waals surface area contributed by atoms with E-state index in [9.17, 15) is 0 Å². The lowest BCUT2D eigenvalue weighted by Crippen LogP contribution is -1.92. The SMILES string of the molecule is C1=Nc2nonc2N=Cc2ccccc21. The number of nitrogens with zero attached hydrogens (tertiary/aromatic N) is 4. The molecule has 1 aliphatic heterocycles. The maximum atomic E-state index is 4.55. The molecule has 0 atom stereocenters. The van der Waals surface area contributed by atoms with Gasteiger partial charge in [-0.15, -0.1) is 0 Å². The lowest BCUT2D eigenvalue weighted by Gasteiger charge is -2.00. The summed E-state index contributed by atoms with van der Waals surface area (Å²) in [6.45, 7) is 0. The summed E-state index contributed by atoms with van der Waals surface area (Å²) in [5.41, 5.74) is 1.99. The van der Waals surface area contributed by atoms with Gasteiger partial charge in [-0.25, -0.2) is 14.6 Å². The van der Waals surface area contributed by atoms with Crippen molar-refractivity contribution in [2.45, 2.75) is 0 Å². The Balaban J connectivity index is 2.19. The van der Waals surface area contributed by atoms with E-state index in [1.807, 2.05) is 24.3 Å². The normalized spacial score (nSPS) is 12.8. The van der Waals surface area contributed by atoms with Crippen LogP contribution in [0.15, 0.2) is 38.9 Å². The Labute approximate surface area is 85.1 Å². The van der Waals surface area contributed by atoms with E-state index in [1.165, 1.54) is 0 Å². The average molecular weight is 198 g/mol. The zero-order chi connectivity index (χ0) is 10.1. The topological polar surface area (TPSA) is 63.6 Å². The summed E-state index contributed by atoms with van der Waals surface area (Å²) < 4.78 is 4.55. The Hall–Kier alpha value is -2.30. The van der Waals surface area contributed by atoms with Crippen molar-refractivity contribution in [2.24, 2.45) is 9.98 Å². The summed E-state index contributed by atoms with van der Waals surface area (Å²) in [5, 5.41) is 7.27. The van der Waals surface area contributed by atoms with Gasteiger partial charge in [-0.2, -0.15) is 0 Å². The van der Waals surface area contributed by atoms with Gasteiger partial charge in [0.05, 0.1) is 0 Å². The van der Waals surface area contributed by atoms with Crippen LogP contribution in [-0.4, -0.2) is 22.7 Å². The first kappa shape index (κ1) is 8.05. The van der Waals surface area contributed by atoms with E-state index in [4.69, 9.17) is 0 Å². The number of benzene rings is 1. The molecular formula is C10H6N4O. The average Bonchev–Trinajstić information content (AvgIpc) is 2.68. The second-order valence-electron chi connectivity index (χ2n) is 3.06. The fraction of sp³-hybridized carbons (Fsp3) is 0. The molecule has 0 fully saturated rings. The van der Waals surface area contributed by atoms with Crippen LogP contribution < -0.4 is 0 Å². The molecule has 0 radical (unpaired) electrons. The Morgan fingerprint density at radius 1 is 0.800 bits per heavy atom. The first-order valence-corrected chi connectivity index (χ1v) is 4.43. The molecule has 1 aliphatic rings. The third-order valence-electron chi connectivity index (χ3n) is 2.10. The highest BCUT2D eigenvalue weighted by Gasteiger charge is 2.08. The highest BCUT2D eigenvalue weighted by molar-refractivity contribution is 5.97. The summed E-state index contributed by atoms with van der Waals surface area (Å²) in [7, 11) is 0. The molecule has 0 aliphatic carbocycles. The molecule has 0 unspecified atom stereocenters. The molecule has 2 aromatic rings. The van der Waals surface area contributed by atoms with Gasteiger partial charge in [0.15, 0.2) is 0 Å². The van der Waals surface area contributed by atoms with Crippen molar-refractivity contribution in [3.8, 4) is 0 Å². The van der Waals surface area contributed by atoms with E-state index >= 15 is 0 Å². The van der Waals surface area contributed by atoms with Crippen molar-refractivity contribution in [3.63, 3.8) is 0 Å². The van der Waals surface area contributed by atoms with Crippen LogP contribution in [0.5, 0.6) is 0 Å². The number of hydrogen-bond donors (Lipinski definition) is 0. The number of fused-ring (bicyclic) bond motifs is 2. The van der Waals surface area contributed by atoms with Gasteiger partial charge in [0, 0.05) is 23.6 Å². The van der Waals surface area contributed by atoms with Crippen molar-refractivity contribution < 1.29 is 4.63 Å². The summed E-state index contributed by atoms with van der Waals surface area (Å²) in [5.74, 6) is 0.807. The highest BCUT2D eigenvalue weighted by Crippen LogP contribution is 2.24. The van der Waals surface area contributed by atoms with E-state index in [1.54, 1.807) is 12.4 Å². The quantitative estimate of drug-likeness (QED) is 0.554. The van der Waals surface area contributed by atoms with Crippen LogP contribution in [0.2, 0.25) is 0 Å². The summed E-state index contributed by atoms with van der Waals surface area (Å²) in [4.78, 5) is 8.28. The van der Waals surface area contributed by atoms with Crippen LogP contribution in [0.4, 0.5) is 11.6 Å². The number of rotatable bonds is 0. The maximum Gasteiger partial charge on any atom is 0.243 e. The highest BCUT2D eigenvalue weighted by atomic mass is 16.6. The molecule has 0 N–H and O–H groups in total. The number of aliphatic imine (C=N–C) groups is 2. The minimum absolute atomic E-state index is 0.403.